The Kier molecular flexibility index (Phi) is 9.00. The van der Waals surface area contributed by atoms with E-state index >= 15 is 0 Å². The van der Waals surface area contributed by atoms with E-state index in [1.807, 2.05) is 12.2 Å². The molecule has 1 unspecified atom stereocenters. The molecule has 2 heterocycles. The maximum Gasteiger partial charge on any atom is 0.343 e. The summed E-state index contributed by atoms with van der Waals surface area (Å²) in [5, 5.41) is 0. The molecule has 0 spiro atoms. The summed E-state index contributed by atoms with van der Waals surface area (Å²) in [6, 6.07) is 1.65. The van der Waals surface area contributed by atoms with Crippen LogP contribution in [0.2, 0.25) is 0 Å². The molecule has 0 amide bonds. The van der Waals surface area contributed by atoms with Gasteiger partial charge < -0.3 is 23.7 Å². The number of likely N-dealkylation sites (N-methyl/N-ethyl adjacent to an activating group) is 1. The van der Waals surface area contributed by atoms with Crippen LogP contribution in [-0.4, -0.2) is 55.5 Å². The molecule has 0 saturated heterocycles. The number of hydrogen-bond acceptors (Lipinski definition) is 6. The summed E-state index contributed by atoms with van der Waals surface area (Å²) in [7, 11) is 2.06. The van der Waals surface area contributed by atoms with E-state index in [0.717, 1.165) is 48.7 Å². The van der Waals surface area contributed by atoms with Crippen molar-refractivity contribution in [2.24, 2.45) is 5.41 Å². The van der Waals surface area contributed by atoms with Gasteiger partial charge in [-0.25, -0.2) is 4.79 Å². The molecule has 0 bridgehead atoms. The van der Waals surface area contributed by atoms with Gasteiger partial charge >= 0.3 is 5.97 Å². The summed E-state index contributed by atoms with van der Waals surface area (Å²) in [6.45, 7) is 13.2. The molecule has 0 radical (unpaired) electrons. The molecule has 0 fully saturated rings. The largest absolute Gasteiger partial charge is 0.495 e. The van der Waals surface area contributed by atoms with Crippen LogP contribution in [0.3, 0.4) is 0 Å². The van der Waals surface area contributed by atoms with Crippen LogP contribution >= 0.6 is 0 Å². The highest BCUT2D eigenvalue weighted by Gasteiger charge is 2.36. The van der Waals surface area contributed by atoms with Crippen molar-refractivity contribution in [2.75, 3.05) is 40.0 Å². The predicted octanol–water partition coefficient (Wildman–Crippen LogP) is 4.95. The smallest absolute Gasteiger partial charge is 0.343 e. The fourth-order valence-electron chi connectivity index (χ4n) is 4.51. The zero-order valence-corrected chi connectivity index (χ0v) is 22.1. The van der Waals surface area contributed by atoms with Crippen LogP contribution in [0.4, 0.5) is 0 Å². The molecule has 7 heteroatoms. The van der Waals surface area contributed by atoms with Gasteiger partial charge in [-0.05, 0) is 30.4 Å². The number of ether oxygens (including phenoxy) is 3. The molecule has 192 valence electrons. The Hall–Kier alpha value is -2.80. The van der Waals surface area contributed by atoms with Gasteiger partial charge in [0.2, 0.25) is 0 Å². The molecule has 1 atom stereocenters. The quantitative estimate of drug-likeness (QED) is 0.365. The lowest BCUT2D eigenvalue weighted by atomic mass is 9.83. The first-order valence-electron chi connectivity index (χ1n) is 12.6. The van der Waals surface area contributed by atoms with Crippen molar-refractivity contribution in [2.45, 2.75) is 59.9 Å². The second kappa shape index (κ2) is 11.8. The number of carbonyl (C=O) groups excluding carboxylic acids is 1. The third-order valence-electron chi connectivity index (χ3n) is 6.39. The van der Waals surface area contributed by atoms with Crippen molar-refractivity contribution in [3.05, 3.63) is 63.3 Å². The average molecular weight is 485 g/mol. The number of hydrogen-bond donors (Lipinski definition) is 0. The molecule has 0 N–H and O–H groups in total. The zero-order chi connectivity index (χ0) is 25.6. The molecule has 2 aliphatic rings. The highest BCUT2D eigenvalue weighted by atomic mass is 16.5. The summed E-state index contributed by atoms with van der Waals surface area (Å²) >= 11 is 0. The number of aromatic nitrogens is 1. The normalized spacial score (nSPS) is 19.9. The van der Waals surface area contributed by atoms with E-state index in [2.05, 4.69) is 50.3 Å². The molecule has 7 nitrogen and oxygen atoms in total. The number of fused-ring (bicyclic) bond motifs is 1. The summed E-state index contributed by atoms with van der Waals surface area (Å²) in [5.41, 5.74) is 2.51. The van der Waals surface area contributed by atoms with Gasteiger partial charge in [0.05, 0.1) is 30.6 Å². The van der Waals surface area contributed by atoms with Crippen LogP contribution in [0.5, 0.6) is 0 Å². The first-order chi connectivity index (χ1) is 16.7. The van der Waals surface area contributed by atoms with Gasteiger partial charge in [-0.3, -0.25) is 4.79 Å². The summed E-state index contributed by atoms with van der Waals surface area (Å²) in [4.78, 5) is 27.7. The summed E-state index contributed by atoms with van der Waals surface area (Å²) in [6.07, 6.45) is 10.5. The molecule has 1 aliphatic heterocycles. The Balaban J connectivity index is 1.94. The first kappa shape index (κ1) is 26.8. The van der Waals surface area contributed by atoms with E-state index in [0.29, 0.717) is 19.6 Å². The van der Waals surface area contributed by atoms with Crippen molar-refractivity contribution >= 4 is 11.7 Å². The molecular formula is C28H40N2O5. The molecule has 1 aromatic heterocycles. The SMILES string of the molecule is CCCCOCCOC1=CC=C/C(=C2\c3cc(=O)c(C(=O)OCC)cn3C(C(C)(C)C)CN2C)C1. The van der Waals surface area contributed by atoms with Crippen LogP contribution in [-0.2, 0) is 14.2 Å². The number of rotatable bonds is 9. The fourth-order valence-corrected chi connectivity index (χ4v) is 4.51. The predicted molar refractivity (Wildman–Crippen MR) is 138 cm³/mol. The van der Waals surface area contributed by atoms with Crippen molar-refractivity contribution in [3.8, 4) is 0 Å². The Morgan fingerprint density at radius 1 is 1.17 bits per heavy atom. The second-order valence-electron chi connectivity index (χ2n) is 10.2. The van der Waals surface area contributed by atoms with Gasteiger partial charge in [0.25, 0.3) is 0 Å². The fraction of sp³-hybridized carbons (Fsp3) is 0.571. The minimum Gasteiger partial charge on any atom is -0.495 e. The highest BCUT2D eigenvalue weighted by Crippen LogP contribution is 2.41. The number of carbonyl (C=O) groups is 1. The number of esters is 1. The van der Waals surface area contributed by atoms with E-state index in [-0.39, 0.29) is 29.1 Å². The minimum atomic E-state index is -0.578. The topological polar surface area (TPSA) is 70.0 Å². The number of nitrogens with zero attached hydrogens (tertiary/aromatic N) is 2. The zero-order valence-electron chi connectivity index (χ0n) is 22.1. The monoisotopic (exact) mass is 484 g/mol. The highest BCUT2D eigenvalue weighted by molar-refractivity contribution is 5.89. The molecule has 35 heavy (non-hydrogen) atoms. The molecular weight excluding hydrogens is 444 g/mol. The summed E-state index contributed by atoms with van der Waals surface area (Å²) < 4.78 is 18.8. The average Bonchev–Trinajstić information content (AvgIpc) is 2.80. The van der Waals surface area contributed by atoms with Gasteiger partial charge in [-0.2, -0.15) is 0 Å². The van der Waals surface area contributed by atoms with E-state index < -0.39 is 5.97 Å². The van der Waals surface area contributed by atoms with E-state index in [9.17, 15) is 9.59 Å². The third kappa shape index (κ3) is 6.45. The van der Waals surface area contributed by atoms with E-state index in [1.54, 1.807) is 19.2 Å². The van der Waals surface area contributed by atoms with Gasteiger partial charge in [0.1, 0.15) is 17.9 Å². The Bertz CT molecular complexity index is 1060. The lowest BCUT2D eigenvalue weighted by Crippen LogP contribution is -2.42. The number of allylic oxidation sites excluding steroid dienone is 4. The lowest BCUT2D eigenvalue weighted by Gasteiger charge is -2.44. The van der Waals surface area contributed by atoms with Crippen LogP contribution in [0.1, 0.15) is 76.0 Å². The van der Waals surface area contributed by atoms with E-state index in [4.69, 9.17) is 14.2 Å². The second-order valence-corrected chi connectivity index (χ2v) is 10.2. The molecule has 0 aromatic carbocycles. The maximum atomic E-state index is 13.0. The minimum absolute atomic E-state index is 0.0692. The van der Waals surface area contributed by atoms with Crippen molar-refractivity contribution in [3.63, 3.8) is 0 Å². The van der Waals surface area contributed by atoms with E-state index in [1.165, 1.54) is 0 Å². The van der Waals surface area contributed by atoms with Crippen LogP contribution in [0.15, 0.2) is 46.6 Å². The number of pyridine rings is 1. The molecule has 0 saturated carbocycles. The van der Waals surface area contributed by atoms with Crippen LogP contribution < -0.4 is 5.43 Å². The van der Waals surface area contributed by atoms with Crippen molar-refractivity contribution < 1.29 is 19.0 Å². The Labute approximate surface area is 209 Å². The van der Waals surface area contributed by atoms with Gasteiger partial charge in [-0.1, -0.05) is 46.3 Å². The number of unbranched alkanes of at least 4 members (excludes halogenated alkanes) is 1. The molecule has 1 aromatic rings. The molecule has 3 rings (SSSR count). The van der Waals surface area contributed by atoms with Crippen LogP contribution in [0, 0.1) is 5.41 Å². The third-order valence-corrected chi connectivity index (χ3v) is 6.39. The lowest BCUT2D eigenvalue weighted by molar-refractivity contribution is 0.0522. The van der Waals surface area contributed by atoms with Gasteiger partial charge in [-0.15, -0.1) is 0 Å². The first-order valence-corrected chi connectivity index (χ1v) is 12.6. The maximum absolute atomic E-state index is 13.0. The molecule has 1 aliphatic carbocycles. The van der Waals surface area contributed by atoms with Crippen molar-refractivity contribution in [1.82, 2.24) is 9.47 Å². The van der Waals surface area contributed by atoms with Crippen LogP contribution in [0.25, 0.3) is 5.70 Å². The van der Waals surface area contributed by atoms with Gasteiger partial charge in [0, 0.05) is 38.9 Å². The van der Waals surface area contributed by atoms with Crippen molar-refractivity contribution in [1.29, 1.82) is 0 Å². The standard InChI is InChI=1S/C28H40N2O5/c1-7-9-13-33-14-15-35-21-12-10-11-20(16-21)26-23-17-24(31)22(27(32)34-8-2)18-30(23)25(19-29(26)6)28(3,4)5/h10-12,17-18,25H,7-9,13-16,19H2,1-6H3/b26-20-. The summed E-state index contributed by atoms with van der Waals surface area (Å²) in [5.74, 6) is 0.295. The Morgan fingerprint density at radius 3 is 2.63 bits per heavy atom. The Morgan fingerprint density at radius 2 is 1.94 bits per heavy atom. The van der Waals surface area contributed by atoms with Gasteiger partial charge in [0.15, 0.2) is 5.43 Å².